The second kappa shape index (κ2) is 6.03. The highest BCUT2D eigenvalue weighted by Gasteiger charge is 2.31. The summed E-state index contributed by atoms with van der Waals surface area (Å²) in [5.41, 5.74) is 1.06. The van der Waals surface area contributed by atoms with Crippen LogP contribution in [0.2, 0.25) is 0 Å². The molecule has 5 heteroatoms. The molecule has 2 atom stereocenters. The summed E-state index contributed by atoms with van der Waals surface area (Å²) in [5, 5.41) is 3.28. The molecule has 0 radical (unpaired) electrons. The van der Waals surface area contributed by atoms with Gasteiger partial charge in [-0.25, -0.2) is 8.78 Å². The Balaban J connectivity index is 1.86. The van der Waals surface area contributed by atoms with Crippen molar-refractivity contribution in [2.45, 2.75) is 16.2 Å². The lowest BCUT2D eigenvalue weighted by Crippen LogP contribution is -2.35. The molecule has 2 unspecified atom stereocenters. The quantitative estimate of drug-likeness (QED) is 0.932. The minimum Gasteiger partial charge on any atom is -0.492 e. The molecule has 110 valence electrons. The van der Waals surface area contributed by atoms with Gasteiger partial charge >= 0.3 is 0 Å². The summed E-state index contributed by atoms with van der Waals surface area (Å²) < 4.78 is 32.5. The van der Waals surface area contributed by atoms with Crippen LogP contribution in [0.3, 0.4) is 0 Å². The van der Waals surface area contributed by atoms with Crippen LogP contribution in [0.15, 0.2) is 47.4 Å². The second-order valence-electron chi connectivity index (χ2n) is 4.85. The molecule has 0 saturated carbocycles. The first-order valence-electron chi connectivity index (χ1n) is 6.69. The van der Waals surface area contributed by atoms with E-state index < -0.39 is 11.6 Å². The number of nitrogens with one attached hydrogen (secondary N) is 1. The van der Waals surface area contributed by atoms with Crippen LogP contribution < -0.4 is 10.1 Å². The molecule has 0 spiro atoms. The van der Waals surface area contributed by atoms with E-state index in [2.05, 4.69) is 5.32 Å². The number of benzene rings is 2. The summed E-state index contributed by atoms with van der Waals surface area (Å²) in [6.07, 6.45) is 0. The standard InChI is InChI=1S/C16H15F2NOS/c1-19-16-11-4-2-3-5-13(11)20-9-15(16)21-14-7-6-10(17)8-12(14)18/h2-8,15-16,19H,9H2,1H3. The zero-order valence-corrected chi connectivity index (χ0v) is 12.3. The van der Waals surface area contributed by atoms with E-state index in [4.69, 9.17) is 4.74 Å². The monoisotopic (exact) mass is 307 g/mol. The molecule has 1 aliphatic rings. The number of halogens is 2. The van der Waals surface area contributed by atoms with Gasteiger partial charge < -0.3 is 10.1 Å². The fraction of sp³-hybridized carbons (Fsp3) is 0.250. The number of ether oxygens (including phenoxy) is 1. The molecule has 1 heterocycles. The molecule has 3 rings (SSSR count). The Kier molecular flexibility index (Phi) is 4.12. The van der Waals surface area contributed by atoms with E-state index in [0.29, 0.717) is 11.5 Å². The predicted molar refractivity (Wildman–Crippen MR) is 79.7 cm³/mol. The van der Waals surface area contributed by atoms with Crippen molar-refractivity contribution in [3.63, 3.8) is 0 Å². The maximum absolute atomic E-state index is 13.8. The lowest BCUT2D eigenvalue weighted by molar-refractivity contribution is 0.265. The number of rotatable bonds is 3. The maximum Gasteiger partial charge on any atom is 0.139 e. The summed E-state index contributed by atoms with van der Waals surface area (Å²) in [5.74, 6) is -0.241. The summed E-state index contributed by atoms with van der Waals surface area (Å²) in [6.45, 7) is 0.476. The molecule has 0 amide bonds. The molecule has 0 aromatic heterocycles. The highest BCUT2D eigenvalue weighted by Crippen LogP contribution is 2.40. The van der Waals surface area contributed by atoms with Gasteiger partial charge in [-0.1, -0.05) is 18.2 Å². The predicted octanol–water partition coefficient (Wildman–Crippen LogP) is 3.78. The first kappa shape index (κ1) is 14.4. The van der Waals surface area contributed by atoms with Gasteiger partial charge in [-0.3, -0.25) is 0 Å². The van der Waals surface area contributed by atoms with Crippen LogP contribution in [-0.2, 0) is 0 Å². The molecule has 1 aliphatic heterocycles. The molecule has 1 N–H and O–H groups in total. The Labute approximate surface area is 126 Å². The first-order chi connectivity index (χ1) is 10.2. The van der Waals surface area contributed by atoms with Gasteiger partial charge in [0.1, 0.15) is 24.0 Å². The van der Waals surface area contributed by atoms with Gasteiger partial charge in [-0.05, 0) is 25.2 Å². The minimum atomic E-state index is -0.563. The Hall–Kier alpha value is -1.59. The summed E-state index contributed by atoms with van der Waals surface area (Å²) in [7, 11) is 1.88. The average Bonchev–Trinajstić information content (AvgIpc) is 2.49. The van der Waals surface area contributed by atoms with Gasteiger partial charge in [0.25, 0.3) is 0 Å². The Morgan fingerprint density at radius 2 is 2.00 bits per heavy atom. The van der Waals surface area contributed by atoms with Crippen LogP contribution in [0.4, 0.5) is 8.78 Å². The van der Waals surface area contributed by atoms with E-state index in [1.54, 1.807) is 0 Å². The smallest absolute Gasteiger partial charge is 0.139 e. The number of hydrogen-bond acceptors (Lipinski definition) is 3. The van der Waals surface area contributed by atoms with Crippen molar-refractivity contribution in [2.24, 2.45) is 0 Å². The van der Waals surface area contributed by atoms with Crippen molar-refractivity contribution in [3.05, 3.63) is 59.7 Å². The third kappa shape index (κ3) is 2.89. The molecule has 0 fully saturated rings. The highest BCUT2D eigenvalue weighted by molar-refractivity contribution is 8.00. The van der Waals surface area contributed by atoms with Crippen LogP contribution in [0, 0.1) is 11.6 Å². The molecule has 21 heavy (non-hydrogen) atoms. The lowest BCUT2D eigenvalue weighted by Gasteiger charge is -2.33. The molecule has 0 bridgehead atoms. The SMILES string of the molecule is CNC1c2ccccc2OCC1Sc1ccc(F)cc1F. The number of hydrogen-bond donors (Lipinski definition) is 1. The summed E-state index contributed by atoms with van der Waals surface area (Å²) >= 11 is 1.37. The Morgan fingerprint density at radius 3 is 2.76 bits per heavy atom. The maximum atomic E-state index is 13.8. The third-order valence-electron chi connectivity index (χ3n) is 3.51. The molecular weight excluding hydrogens is 292 g/mol. The zero-order chi connectivity index (χ0) is 14.8. The fourth-order valence-corrected chi connectivity index (χ4v) is 3.71. The highest BCUT2D eigenvalue weighted by atomic mass is 32.2. The normalized spacial score (nSPS) is 20.7. The first-order valence-corrected chi connectivity index (χ1v) is 7.57. The molecular formula is C16H15F2NOS. The van der Waals surface area contributed by atoms with Gasteiger partial charge in [0, 0.05) is 16.5 Å². The van der Waals surface area contributed by atoms with E-state index in [1.807, 2.05) is 31.3 Å². The van der Waals surface area contributed by atoms with Gasteiger partial charge in [-0.15, -0.1) is 11.8 Å². The van der Waals surface area contributed by atoms with Crippen molar-refractivity contribution in [1.29, 1.82) is 0 Å². The molecule has 0 saturated heterocycles. The van der Waals surface area contributed by atoms with Crippen molar-refractivity contribution < 1.29 is 13.5 Å². The molecule has 0 aliphatic carbocycles. The lowest BCUT2D eigenvalue weighted by atomic mass is 10.0. The second-order valence-corrected chi connectivity index (χ2v) is 6.13. The van der Waals surface area contributed by atoms with Crippen molar-refractivity contribution in [3.8, 4) is 5.75 Å². The van der Waals surface area contributed by atoms with Crippen molar-refractivity contribution in [2.75, 3.05) is 13.7 Å². The van der Waals surface area contributed by atoms with E-state index >= 15 is 0 Å². The Morgan fingerprint density at radius 1 is 1.19 bits per heavy atom. The number of thioether (sulfide) groups is 1. The number of fused-ring (bicyclic) bond motifs is 1. The van der Waals surface area contributed by atoms with Crippen LogP contribution in [0.1, 0.15) is 11.6 Å². The van der Waals surface area contributed by atoms with E-state index in [9.17, 15) is 8.78 Å². The van der Waals surface area contributed by atoms with Crippen LogP contribution in [0.25, 0.3) is 0 Å². The third-order valence-corrected chi connectivity index (χ3v) is 4.81. The van der Waals surface area contributed by atoms with E-state index in [1.165, 1.54) is 23.9 Å². The van der Waals surface area contributed by atoms with Crippen LogP contribution in [-0.4, -0.2) is 18.9 Å². The van der Waals surface area contributed by atoms with Gasteiger partial charge in [0.05, 0.1) is 11.3 Å². The van der Waals surface area contributed by atoms with Gasteiger partial charge in [0.15, 0.2) is 0 Å². The van der Waals surface area contributed by atoms with Gasteiger partial charge in [-0.2, -0.15) is 0 Å². The largest absolute Gasteiger partial charge is 0.492 e. The van der Waals surface area contributed by atoms with Gasteiger partial charge in [0.2, 0.25) is 0 Å². The average molecular weight is 307 g/mol. The molecule has 2 aromatic rings. The molecule has 2 nitrogen and oxygen atoms in total. The Bertz CT molecular complexity index is 650. The van der Waals surface area contributed by atoms with Crippen molar-refractivity contribution in [1.82, 2.24) is 5.32 Å². The molecule has 2 aromatic carbocycles. The summed E-state index contributed by atoms with van der Waals surface area (Å²) in [6, 6.07) is 11.5. The van der Waals surface area contributed by atoms with Crippen LogP contribution in [0.5, 0.6) is 5.75 Å². The van der Waals surface area contributed by atoms with E-state index in [-0.39, 0.29) is 11.3 Å². The minimum absolute atomic E-state index is 0.0184. The topological polar surface area (TPSA) is 21.3 Å². The van der Waals surface area contributed by atoms with Crippen molar-refractivity contribution >= 4 is 11.8 Å². The van der Waals surface area contributed by atoms with E-state index in [0.717, 1.165) is 17.4 Å². The number of para-hydroxylation sites is 1. The summed E-state index contributed by atoms with van der Waals surface area (Å²) in [4.78, 5) is 0.435. The van der Waals surface area contributed by atoms with Crippen LogP contribution >= 0.6 is 11.8 Å². The zero-order valence-electron chi connectivity index (χ0n) is 11.5. The fourth-order valence-electron chi connectivity index (χ4n) is 2.51.